The fourth-order valence-electron chi connectivity index (χ4n) is 3.21. The molecule has 1 atom stereocenters. The fraction of sp³-hybridized carbons (Fsp3) is 0.588. The molecule has 0 aromatic heterocycles. The molecular weight excluding hydrogens is 326 g/mol. The van der Waals surface area contributed by atoms with Crippen molar-refractivity contribution < 1.29 is 13.2 Å². The van der Waals surface area contributed by atoms with Crippen LogP contribution in [-0.4, -0.2) is 44.1 Å². The molecule has 3 N–H and O–H groups in total. The monoisotopic (exact) mass is 353 g/mol. The quantitative estimate of drug-likeness (QED) is 0.811. The zero-order valence-corrected chi connectivity index (χ0v) is 15.2. The summed E-state index contributed by atoms with van der Waals surface area (Å²) in [5, 5.41) is 7.69. The van der Waals surface area contributed by atoms with Gasteiger partial charge in [-0.15, -0.1) is 0 Å². The summed E-state index contributed by atoms with van der Waals surface area (Å²) in [5.41, 5.74) is 3.13. The van der Waals surface area contributed by atoms with Gasteiger partial charge in [0.25, 0.3) is 0 Å². The van der Waals surface area contributed by atoms with Crippen LogP contribution in [0.15, 0.2) is 18.2 Å². The van der Waals surface area contributed by atoms with E-state index in [1.165, 1.54) is 0 Å². The molecule has 0 unspecified atom stereocenters. The van der Waals surface area contributed by atoms with Crippen molar-refractivity contribution in [2.75, 3.05) is 25.0 Å². The highest BCUT2D eigenvalue weighted by Gasteiger charge is 2.29. The maximum atomic E-state index is 12.4. The molecule has 1 saturated heterocycles. The van der Waals surface area contributed by atoms with Crippen LogP contribution < -0.4 is 10.5 Å². The molecule has 1 aliphatic heterocycles. The standard InChI is InChI=1S/C17H27N3O3S/c1-3-13-7-5-8-14(4-2)17(13)19-16(21)12-20-10-6-9-15(11-20)24(18,22)23/h5,7-8,15H,3-4,6,9-12H2,1-2H3,(H,19,21)(H2,18,22,23)/t15-/m1/s1. The van der Waals surface area contributed by atoms with Crippen LogP contribution in [0.2, 0.25) is 0 Å². The van der Waals surface area contributed by atoms with E-state index in [-0.39, 0.29) is 12.5 Å². The second kappa shape index (κ2) is 8.09. The second-order valence-electron chi connectivity index (χ2n) is 6.29. The van der Waals surface area contributed by atoms with E-state index in [2.05, 4.69) is 19.2 Å². The van der Waals surface area contributed by atoms with Crippen molar-refractivity contribution in [1.29, 1.82) is 0 Å². The minimum absolute atomic E-state index is 0.110. The van der Waals surface area contributed by atoms with Gasteiger partial charge < -0.3 is 5.32 Å². The molecule has 1 heterocycles. The first kappa shape index (κ1) is 18.9. The summed E-state index contributed by atoms with van der Waals surface area (Å²) in [4.78, 5) is 14.3. The number of carbonyl (C=O) groups excluding carboxylic acids is 1. The zero-order chi connectivity index (χ0) is 17.7. The Hall–Kier alpha value is -1.44. The number of primary sulfonamides is 1. The predicted molar refractivity (Wildman–Crippen MR) is 96.4 cm³/mol. The van der Waals surface area contributed by atoms with E-state index in [1.807, 2.05) is 23.1 Å². The molecular formula is C17H27N3O3S. The van der Waals surface area contributed by atoms with E-state index in [9.17, 15) is 13.2 Å². The van der Waals surface area contributed by atoms with Crippen LogP contribution in [0.5, 0.6) is 0 Å². The minimum atomic E-state index is -3.55. The van der Waals surface area contributed by atoms with Crippen LogP contribution >= 0.6 is 0 Å². The van der Waals surface area contributed by atoms with E-state index < -0.39 is 15.3 Å². The van der Waals surface area contributed by atoms with Crippen LogP contribution in [0.1, 0.15) is 37.8 Å². The van der Waals surface area contributed by atoms with Crippen molar-refractivity contribution in [2.45, 2.75) is 44.8 Å². The van der Waals surface area contributed by atoms with Crippen molar-refractivity contribution in [3.8, 4) is 0 Å². The van der Waals surface area contributed by atoms with Crippen molar-refractivity contribution in [3.63, 3.8) is 0 Å². The second-order valence-corrected chi connectivity index (χ2v) is 8.14. The summed E-state index contributed by atoms with van der Waals surface area (Å²) in [6.45, 7) is 5.35. The largest absolute Gasteiger partial charge is 0.324 e. The highest BCUT2D eigenvalue weighted by Crippen LogP contribution is 2.23. The molecule has 0 bridgehead atoms. The minimum Gasteiger partial charge on any atom is -0.324 e. The lowest BCUT2D eigenvalue weighted by Crippen LogP contribution is -2.47. The van der Waals surface area contributed by atoms with Gasteiger partial charge in [-0.25, -0.2) is 13.6 Å². The van der Waals surface area contributed by atoms with Crippen LogP contribution in [0, 0.1) is 0 Å². The lowest BCUT2D eigenvalue weighted by molar-refractivity contribution is -0.117. The predicted octanol–water partition coefficient (Wildman–Crippen LogP) is 1.50. The molecule has 1 fully saturated rings. The fourth-order valence-corrected chi connectivity index (χ4v) is 4.12. The molecule has 6 nitrogen and oxygen atoms in total. The number of anilines is 1. The van der Waals surface area contributed by atoms with Gasteiger partial charge in [-0.3, -0.25) is 9.69 Å². The van der Waals surface area contributed by atoms with Crippen molar-refractivity contribution in [2.24, 2.45) is 5.14 Å². The Kier molecular flexibility index (Phi) is 6.37. The summed E-state index contributed by atoms with van der Waals surface area (Å²) in [7, 11) is -3.55. The average molecular weight is 353 g/mol. The Morgan fingerprint density at radius 2 is 1.92 bits per heavy atom. The molecule has 1 aromatic carbocycles. The van der Waals surface area contributed by atoms with Crippen LogP contribution in [0.4, 0.5) is 5.69 Å². The zero-order valence-electron chi connectivity index (χ0n) is 14.4. The van der Waals surface area contributed by atoms with Crippen LogP contribution in [0.25, 0.3) is 0 Å². The summed E-state index contributed by atoms with van der Waals surface area (Å²) in [6, 6.07) is 6.05. The third-order valence-corrected chi connectivity index (χ3v) is 5.87. The van der Waals surface area contributed by atoms with Crippen molar-refractivity contribution in [3.05, 3.63) is 29.3 Å². The Morgan fingerprint density at radius 1 is 1.29 bits per heavy atom. The Balaban J connectivity index is 2.04. The van der Waals surface area contributed by atoms with Gasteiger partial charge in [-0.2, -0.15) is 0 Å². The molecule has 0 spiro atoms. The highest BCUT2D eigenvalue weighted by molar-refractivity contribution is 7.89. The molecule has 0 aliphatic carbocycles. The van der Waals surface area contributed by atoms with Gasteiger partial charge in [0.1, 0.15) is 0 Å². The SMILES string of the molecule is CCc1cccc(CC)c1NC(=O)CN1CCC[C@@H](S(N)(=O)=O)C1. The first-order valence-corrected chi connectivity index (χ1v) is 10.1. The lowest BCUT2D eigenvalue weighted by Gasteiger charge is -2.31. The van der Waals surface area contributed by atoms with Crippen LogP contribution in [-0.2, 0) is 27.7 Å². The molecule has 0 radical (unpaired) electrons. The van der Waals surface area contributed by atoms with Crippen molar-refractivity contribution in [1.82, 2.24) is 4.90 Å². The third-order valence-electron chi connectivity index (χ3n) is 4.56. The van der Waals surface area contributed by atoms with Crippen molar-refractivity contribution >= 4 is 21.6 Å². The highest BCUT2D eigenvalue weighted by atomic mass is 32.2. The number of amides is 1. The van der Waals surface area contributed by atoms with E-state index in [0.717, 1.165) is 42.6 Å². The number of para-hydroxylation sites is 1. The smallest absolute Gasteiger partial charge is 0.238 e. The molecule has 24 heavy (non-hydrogen) atoms. The molecule has 1 aliphatic rings. The number of aryl methyl sites for hydroxylation is 2. The summed E-state index contributed by atoms with van der Waals surface area (Å²) in [5.74, 6) is -0.110. The van der Waals surface area contributed by atoms with Gasteiger partial charge >= 0.3 is 0 Å². The summed E-state index contributed by atoms with van der Waals surface area (Å²) in [6.07, 6.45) is 3.00. The third kappa shape index (κ3) is 4.78. The first-order valence-electron chi connectivity index (χ1n) is 8.49. The van der Waals surface area contributed by atoms with Gasteiger partial charge in [0.15, 0.2) is 0 Å². The van der Waals surface area contributed by atoms with E-state index in [0.29, 0.717) is 13.0 Å². The number of carbonyl (C=O) groups is 1. The molecule has 7 heteroatoms. The molecule has 0 saturated carbocycles. The summed E-state index contributed by atoms with van der Waals surface area (Å²) < 4.78 is 23.1. The number of nitrogens with one attached hydrogen (secondary N) is 1. The normalized spacial score (nSPS) is 19.2. The Morgan fingerprint density at radius 3 is 2.46 bits per heavy atom. The number of nitrogens with two attached hydrogens (primary N) is 1. The molecule has 1 amide bonds. The Labute approximate surface area is 144 Å². The van der Waals surface area contributed by atoms with Crippen LogP contribution in [0.3, 0.4) is 0 Å². The molecule has 2 rings (SSSR count). The van der Waals surface area contributed by atoms with Gasteiger partial charge in [-0.1, -0.05) is 32.0 Å². The number of benzene rings is 1. The number of sulfonamides is 1. The molecule has 134 valence electrons. The molecule has 1 aromatic rings. The summed E-state index contributed by atoms with van der Waals surface area (Å²) >= 11 is 0. The number of likely N-dealkylation sites (tertiary alicyclic amines) is 1. The average Bonchev–Trinajstić information content (AvgIpc) is 2.54. The first-order chi connectivity index (χ1) is 11.3. The number of hydrogen-bond donors (Lipinski definition) is 2. The van der Waals surface area contributed by atoms with E-state index >= 15 is 0 Å². The maximum Gasteiger partial charge on any atom is 0.238 e. The number of nitrogens with zero attached hydrogens (tertiary/aromatic N) is 1. The van der Waals surface area contributed by atoms with Gasteiger partial charge in [0.2, 0.25) is 15.9 Å². The number of piperidine rings is 1. The maximum absolute atomic E-state index is 12.4. The number of rotatable bonds is 6. The van der Waals surface area contributed by atoms with Gasteiger partial charge in [-0.05, 0) is 43.4 Å². The van der Waals surface area contributed by atoms with Gasteiger partial charge in [0, 0.05) is 12.2 Å². The number of hydrogen-bond acceptors (Lipinski definition) is 4. The topological polar surface area (TPSA) is 92.5 Å². The lowest BCUT2D eigenvalue weighted by atomic mass is 10.0. The van der Waals surface area contributed by atoms with E-state index in [4.69, 9.17) is 5.14 Å². The Bertz CT molecular complexity index is 666. The van der Waals surface area contributed by atoms with E-state index in [1.54, 1.807) is 0 Å². The van der Waals surface area contributed by atoms with Gasteiger partial charge in [0.05, 0.1) is 11.8 Å².